The predicted molar refractivity (Wildman–Crippen MR) is 71.7 cm³/mol. The third kappa shape index (κ3) is 2.91. The first-order valence-corrected chi connectivity index (χ1v) is 6.51. The Morgan fingerprint density at radius 1 is 1.50 bits per heavy atom. The van der Waals surface area contributed by atoms with Gasteiger partial charge in [-0.15, -0.1) is 0 Å². The van der Waals surface area contributed by atoms with Crippen LogP contribution in [0.3, 0.4) is 0 Å². The van der Waals surface area contributed by atoms with Gasteiger partial charge in [0.1, 0.15) is 0 Å². The number of nitrogens with zero attached hydrogens (tertiary/aromatic N) is 1. The highest BCUT2D eigenvalue weighted by Gasteiger charge is 2.39. The minimum absolute atomic E-state index is 0.549. The fourth-order valence-corrected chi connectivity index (χ4v) is 2.58. The van der Waals surface area contributed by atoms with E-state index in [2.05, 4.69) is 36.1 Å². The summed E-state index contributed by atoms with van der Waals surface area (Å²) in [6.07, 6.45) is 1.76. The fraction of sp³-hybridized carbons (Fsp3) is 0.533. The monoisotopic (exact) mass is 247 g/mol. The zero-order valence-electron chi connectivity index (χ0n) is 11.1. The molecule has 0 aliphatic carbocycles. The van der Waals surface area contributed by atoms with Gasteiger partial charge in [-0.1, -0.05) is 29.8 Å². The first-order chi connectivity index (χ1) is 8.49. The van der Waals surface area contributed by atoms with Gasteiger partial charge in [-0.25, -0.2) is 0 Å². The van der Waals surface area contributed by atoms with Crippen LogP contribution < -0.4 is 0 Å². The molecule has 1 atom stereocenters. The number of benzene rings is 1. The Bertz CT molecular complexity index is 444. The molecule has 1 heterocycles. The number of carboxylic acids is 1. The molecule has 0 aromatic heterocycles. The number of aliphatic carboxylic acids is 1. The number of carboxylic acid groups (broad SMARTS) is 1. The summed E-state index contributed by atoms with van der Waals surface area (Å²) in [4.78, 5) is 13.4. The first kappa shape index (κ1) is 13.1. The van der Waals surface area contributed by atoms with Gasteiger partial charge in [0.2, 0.25) is 0 Å². The molecule has 0 saturated carbocycles. The van der Waals surface area contributed by atoms with Gasteiger partial charge >= 0.3 is 5.97 Å². The van der Waals surface area contributed by atoms with Gasteiger partial charge in [0.25, 0.3) is 0 Å². The van der Waals surface area contributed by atoms with Crippen LogP contribution in [0.15, 0.2) is 24.3 Å². The van der Waals surface area contributed by atoms with Crippen LogP contribution in [0.2, 0.25) is 0 Å². The molecule has 1 aromatic carbocycles. The smallest absolute Gasteiger partial charge is 0.310 e. The van der Waals surface area contributed by atoms with Crippen molar-refractivity contribution in [1.29, 1.82) is 0 Å². The van der Waals surface area contributed by atoms with Gasteiger partial charge in [0.15, 0.2) is 0 Å². The van der Waals surface area contributed by atoms with Crippen LogP contribution in [0.25, 0.3) is 0 Å². The number of likely N-dealkylation sites (tertiary alicyclic amines) is 1. The number of hydrogen-bond acceptors (Lipinski definition) is 2. The summed E-state index contributed by atoms with van der Waals surface area (Å²) in [5, 5.41) is 9.19. The molecule has 1 fully saturated rings. The molecule has 0 amide bonds. The summed E-state index contributed by atoms with van der Waals surface area (Å²) >= 11 is 0. The van der Waals surface area contributed by atoms with Gasteiger partial charge in [-0.05, 0) is 38.8 Å². The Balaban J connectivity index is 1.88. The molecule has 2 rings (SSSR count). The summed E-state index contributed by atoms with van der Waals surface area (Å²) in [6, 6.07) is 8.52. The Morgan fingerprint density at radius 2 is 2.28 bits per heavy atom. The van der Waals surface area contributed by atoms with Crippen LogP contribution in [-0.4, -0.2) is 35.6 Å². The average Bonchev–Trinajstić information content (AvgIpc) is 2.70. The van der Waals surface area contributed by atoms with E-state index in [4.69, 9.17) is 0 Å². The van der Waals surface area contributed by atoms with Crippen LogP contribution in [0.5, 0.6) is 0 Å². The predicted octanol–water partition coefficient (Wildman–Crippen LogP) is 2.33. The third-order valence-corrected chi connectivity index (χ3v) is 3.87. The van der Waals surface area contributed by atoms with Crippen molar-refractivity contribution >= 4 is 5.97 Å². The van der Waals surface area contributed by atoms with E-state index in [9.17, 15) is 9.90 Å². The lowest BCUT2D eigenvalue weighted by Crippen LogP contribution is -2.32. The van der Waals surface area contributed by atoms with Gasteiger partial charge in [-0.2, -0.15) is 0 Å². The van der Waals surface area contributed by atoms with Crippen molar-refractivity contribution in [3.8, 4) is 0 Å². The van der Waals surface area contributed by atoms with E-state index in [1.54, 1.807) is 0 Å². The molecular formula is C15H21NO2. The minimum Gasteiger partial charge on any atom is -0.481 e. The highest BCUT2D eigenvalue weighted by Crippen LogP contribution is 2.30. The maximum Gasteiger partial charge on any atom is 0.310 e. The summed E-state index contributed by atoms with van der Waals surface area (Å²) in [5.74, 6) is -0.666. The van der Waals surface area contributed by atoms with Crippen LogP contribution in [0.1, 0.15) is 24.5 Å². The quantitative estimate of drug-likeness (QED) is 0.887. The van der Waals surface area contributed by atoms with E-state index < -0.39 is 11.4 Å². The second-order valence-corrected chi connectivity index (χ2v) is 5.63. The molecular weight excluding hydrogens is 226 g/mol. The van der Waals surface area contributed by atoms with Crippen LogP contribution >= 0.6 is 0 Å². The summed E-state index contributed by atoms with van der Waals surface area (Å²) in [5.41, 5.74) is 2.07. The lowest BCUT2D eigenvalue weighted by Gasteiger charge is -2.20. The van der Waals surface area contributed by atoms with Crippen molar-refractivity contribution in [2.45, 2.75) is 26.7 Å². The van der Waals surface area contributed by atoms with E-state index in [0.29, 0.717) is 6.54 Å². The molecule has 0 spiro atoms. The lowest BCUT2D eigenvalue weighted by atomic mass is 9.90. The summed E-state index contributed by atoms with van der Waals surface area (Å²) in [7, 11) is 0. The second-order valence-electron chi connectivity index (χ2n) is 5.63. The van der Waals surface area contributed by atoms with Crippen LogP contribution in [0.4, 0.5) is 0 Å². The Kier molecular flexibility index (Phi) is 3.71. The maximum absolute atomic E-state index is 11.2. The molecule has 3 nitrogen and oxygen atoms in total. The normalized spacial score (nSPS) is 24.3. The van der Waals surface area contributed by atoms with Crippen molar-refractivity contribution in [2.24, 2.45) is 5.41 Å². The second kappa shape index (κ2) is 5.11. The third-order valence-electron chi connectivity index (χ3n) is 3.87. The molecule has 1 aromatic rings. The van der Waals surface area contributed by atoms with E-state index in [0.717, 1.165) is 25.9 Å². The molecule has 0 bridgehead atoms. The fourth-order valence-electron chi connectivity index (χ4n) is 2.58. The van der Waals surface area contributed by atoms with Gasteiger partial charge < -0.3 is 10.0 Å². The molecule has 1 saturated heterocycles. The van der Waals surface area contributed by atoms with Crippen molar-refractivity contribution in [3.05, 3.63) is 35.4 Å². The number of carbonyl (C=O) groups is 1. The zero-order chi connectivity index (χ0) is 13.2. The molecule has 0 radical (unpaired) electrons. The van der Waals surface area contributed by atoms with Gasteiger partial charge in [0, 0.05) is 13.1 Å². The van der Waals surface area contributed by atoms with Crippen molar-refractivity contribution in [1.82, 2.24) is 4.90 Å². The van der Waals surface area contributed by atoms with Gasteiger partial charge in [-0.3, -0.25) is 4.79 Å². The average molecular weight is 247 g/mol. The van der Waals surface area contributed by atoms with Crippen molar-refractivity contribution in [2.75, 3.05) is 19.6 Å². The van der Waals surface area contributed by atoms with Crippen molar-refractivity contribution in [3.63, 3.8) is 0 Å². The highest BCUT2D eigenvalue weighted by molar-refractivity contribution is 5.74. The van der Waals surface area contributed by atoms with Crippen LogP contribution in [0, 0.1) is 12.3 Å². The van der Waals surface area contributed by atoms with E-state index in [1.165, 1.54) is 11.1 Å². The molecule has 1 aliphatic heterocycles. The highest BCUT2D eigenvalue weighted by atomic mass is 16.4. The Labute approximate surface area is 108 Å². The van der Waals surface area contributed by atoms with E-state index in [1.807, 2.05) is 6.92 Å². The molecule has 1 unspecified atom stereocenters. The molecule has 18 heavy (non-hydrogen) atoms. The minimum atomic E-state index is -0.666. The summed E-state index contributed by atoms with van der Waals surface area (Å²) < 4.78 is 0. The van der Waals surface area contributed by atoms with Gasteiger partial charge in [0.05, 0.1) is 5.41 Å². The molecule has 3 heteroatoms. The van der Waals surface area contributed by atoms with E-state index >= 15 is 0 Å². The molecule has 98 valence electrons. The zero-order valence-corrected chi connectivity index (χ0v) is 11.1. The van der Waals surface area contributed by atoms with E-state index in [-0.39, 0.29) is 0 Å². The molecule has 1 aliphatic rings. The Morgan fingerprint density at radius 3 is 2.89 bits per heavy atom. The number of rotatable bonds is 4. The lowest BCUT2D eigenvalue weighted by molar-refractivity contribution is -0.147. The molecule has 1 N–H and O–H groups in total. The standard InChI is InChI=1S/C15H21NO2/c1-12-4-3-5-13(10-12)6-8-16-9-7-15(2,11-16)14(17)18/h3-5,10H,6-9,11H2,1-2H3,(H,17,18). The summed E-state index contributed by atoms with van der Waals surface area (Å²) in [6.45, 7) is 6.47. The SMILES string of the molecule is Cc1cccc(CCN2CCC(C)(C(=O)O)C2)c1. The number of aryl methyl sites for hydroxylation is 1. The largest absolute Gasteiger partial charge is 0.481 e. The topological polar surface area (TPSA) is 40.5 Å². The maximum atomic E-state index is 11.2. The Hall–Kier alpha value is -1.35. The van der Waals surface area contributed by atoms with Crippen LogP contribution in [-0.2, 0) is 11.2 Å². The van der Waals surface area contributed by atoms with Crippen molar-refractivity contribution < 1.29 is 9.90 Å². The number of hydrogen-bond donors (Lipinski definition) is 1. The first-order valence-electron chi connectivity index (χ1n) is 6.51.